The second-order valence-electron chi connectivity index (χ2n) is 8.29. The molecule has 0 saturated carbocycles. The first-order valence-corrected chi connectivity index (χ1v) is 16.6. The minimum Gasteiger partial charge on any atom is -0.184 e. The molecule has 0 bridgehead atoms. The van der Waals surface area contributed by atoms with Crippen molar-refractivity contribution in [1.82, 2.24) is 0 Å². The molecule has 2 aliphatic heterocycles. The summed E-state index contributed by atoms with van der Waals surface area (Å²) in [5.41, 5.74) is 3.91. The van der Waals surface area contributed by atoms with Gasteiger partial charge in [0.05, 0.1) is 22.6 Å². The second-order valence-corrected chi connectivity index (χ2v) is 15.1. The van der Waals surface area contributed by atoms with Crippen LogP contribution in [0.15, 0.2) is 54.6 Å². The van der Waals surface area contributed by atoms with Gasteiger partial charge in [-0.1, -0.05) is 12.1 Å². The Hall–Kier alpha value is 0.278. The summed E-state index contributed by atoms with van der Waals surface area (Å²) in [6.45, 7) is 10.1. The van der Waals surface area contributed by atoms with Gasteiger partial charge in [0.15, 0.2) is 0 Å². The Labute approximate surface area is 190 Å². The fourth-order valence-corrected chi connectivity index (χ4v) is 13.2. The maximum absolute atomic E-state index is 4.61. The first-order chi connectivity index (χ1) is 13.6. The van der Waals surface area contributed by atoms with Crippen LogP contribution in [-0.4, -0.2) is 22.6 Å². The first kappa shape index (κ1) is 24.5. The average molecular weight is 616 g/mol. The third-order valence-electron chi connectivity index (χ3n) is 6.35. The van der Waals surface area contributed by atoms with Gasteiger partial charge in [0, 0.05) is 15.8 Å². The molecule has 0 aliphatic carbocycles. The predicted molar refractivity (Wildman–Crippen MR) is 130 cm³/mol. The zero-order valence-corrected chi connectivity index (χ0v) is 22.6. The fourth-order valence-electron chi connectivity index (χ4n) is 4.98. The van der Waals surface area contributed by atoms with Gasteiger partial charge < -0.3 is 0 Å². The summed E-state index contributed by atoms with van der Waals surface area (Å²) in [7, 11) is 3.95. The third-order valence-corrected chi connectivity index (χ3v) is 14.1. The van der Waals surface area contributed by atoms with Crippen LogP contribution in [0.4, 0.5) is 0 Å². The van der Waals surface area contributed by atoms with Crippen molar-refractivity contribution in [2.75, 3.05) is 0 Å². The molecule has 4 heteroatoms. The molecule has 0 aromatic heterocycles. The van der Waals surface area contributed by atoms with Crippen molar-refractivity contribution < 1.29 is 18.8 Å². The van der Waals surface area contributed by atoms with E-state index in [-0.39, 0.29) is 15.8 Å². The third kappa shape index (κ3) is 6.39. The van der Waals surface area contributed by atoms with Gasteiger partial charge in [0.25, 0.3) is 0 Å². The zero-order valence-electron chi connectivity index (χ0n) is 17.5. The maximum Gasteiger partial charge on any atom is -0.171 e. The molecule has 2 saturated heterocycles. The molecule has 2 aromatic carbocycles. The Balaban J connectivity index is 0.000000296. The molecule has 2 aromatic rings. The molecule has 28 heavy (non-hydrogen) atoms. The van der Waals surface area contributed by atoms with Crippen LogP contribution >= 0.6 is 25.3 Å². The van der Waals surface area contributed by atoms with Gasteiger partial charge in [0.1, 0.15) is 10.6 Å². The standard InChI is InChI=1S/C18H28P2.C6H5.ClH.Pt/c1-13-9-10-14(2)19(13)17-7-5-6-8-18(17)20-15(3)11-12-16(20)4;1-2-4-6-5-3-1;;/h5-8,13-16H,9-12H2,1-4H3;1-5H;1H;/q;-1;;+2/p+1/t13-,14-,15-,16-;;;/m1.../s1. The fraction of sp³-hybridized carbons (Fsp3) is 0.500. The van der Waals surface area contributed by atoms with Crippen LogP contribution in [0.2, 0.25) is 0 Å². The molecule has 156 valence electrons. The average Bonchev–Trinajstić information content (AvgIpc) is 3.26. The van der Waals surface area contributed by atoms with Crippen LogP contribution in [0, 0.1) is 6.07 Å². The van der Waals surface area contributed by atoms with Gasteiger partial charge in [-0.3, -0.25) is 0 Å². The van der Waals surface area contributed by atoms with E-state index in [1.807, 2.05) is 40.9 Å². The van der Waals surface area contributed by atoms with Crippen LogP contribution in [0.5, 0.6) is 0 Å². The van der Waals surface area contributed by atoms with E-state index in [9.17, 15) is 0 Å². The molecule has 0 nitrogen and oxygen atoms in total. The minimum absolute atomic E-state index is 0.332. The van der Waals surface area contributed by atoms with E-state index < -0.39 is 0 Å². The number of hydrogen-bond donors (Lipinski definition) is 0. The van der Waals surface area contributed by atoms with Crippen LogP contribution in [0.1, 0.15) is 53.4 Å². The zero-order chi connectivity index (χ0) is 20.5. The summed E-state index contributed by atoms with van der Waals surface area (Å²) in [6, 6.07) is 22.1. The van der Waals surface area contributed by atoms with Gasteiger partial charge in [-0.2, -0.15) is 36.4 Å². The smallest absolute Gasteiger partial charge is 0.171 e. The van der Waals surface area contributed by atoms with Crippen molar-refractivity contribution in [2.24, 2.45) is 0 Å². The molecule has 4 atom stereocenters. The second kappa shape index (κ2) is 12.9. The molecule has 0 radical (unpaired) electrons. The quantitative estimate of drug-likeness (QED) is 0.261. The van der Waals surface area contributed by atoms with Gasteiger partial charge in [-0.05, 0) is 65.5 Å². The molecule has 2 heterocycles. The van der Waals surface area contributed by atoms with Crippen LogP contribution in [0.25, 0.3) is 0 Å². The minimum atomic E-state index is -0.332. The normalized spacial score (nSPS) is 27.5. The number of benzene rings is 2. The number of halogens is 1. The molecule has 0 amide bonds. The number of rotatable bonds is 2. The van der Waals surface area contributed by atoms with Gasteiger partial charge in [0.2, 0.25) is 0 Å². The molecular formula is C24H35ClP2Pt+2. The molecule has 4 rings (SSSR count). The summed E-state index contributed by atoms with van der Waals surface area (Å²) in [5, 5.41) is 3.67. The molecule has 2 fully saturated rings. The monoisotopic (exact) mass is 615 g/mol. The predicted octanol–water partition coefficient (Wildman–Crippen LogP) is 6.68. The largest absolute Gasteiger partial charge is 0.184 e. The van der Waals surface area contributed by atoms with Crippen molar-refractivity contribution in [1.29, 1.82) is 0 Å². The van der Waals surface area contributed by atoms with Gasteiger partial charge >= 0.3 is 28.2 Å². The van der Waals surface area contributed by atoms with E-state index >= 15 is 0 Å². The Morgan fingerprint density at radius 1 is 0.679 bits per heavy atom. The topological polar surface area (TPSA) is 0 Å². The van der Waals surface area contributed by atoms with Crippen molar-refractivity contribution in [3.63, 3.8) is 0 Å². The Morgan fingerprint density at radius 3 is 1.29 bits per heavy atom. The van der Waals surface area contributed by atoms with Crippen LogP contribution in [0.3, 0.4) is 0 Å². The summed E-state index contributed by atoms with van der Waals surface area (Å²) in [6.07, 6.45) is 5.88. The van der Waals surface area contributed by atoms with Crippen molar-refractivity contribution >= 4 is 35.9 Å². The molecule has 2 aliphatic rings. The Kier molecular flexibility index (Phi) is 11.3. The Morgan fingerprint density at radius 2 is 1.04 bits per heavy atom. The van der Waals surface area contributed by atoms with E-state index in [4.69, 9.17) is 0 Å². The van der Waals surface area contributed by atoms with Gasteiger partial charge in [-0.25, -0.2) is 0 Å². The van der Waals surface area contributed by atoms with Gasteiger partial charge in [-0.15, -0.1) is 0 Å². The van der Waals surface area contributed by atoms with E-state index in [1.54, 1.807) is 18.8 Å². The summed E-state index contributed by atoms with van der Waals surface area (Å²) in [4.78, 5) is 0. The van der Waals surface area contributed by atoms with Crippen molar-refractivity contribution in [3.8, 4) is 0 Å². The van der Waals surface area contributed by atoms with Crippen molar-refractivity contribution in [2.45, 2.75) is 76.0 Å². The first-order valence-electron chi connectivity index (χ1n) is 10.5. The molecular weight excluding hydrogens is 581 g/mol. The SMILES string of the molecule is C[C@@H]1CC[C@@H](C)[PH+]1c1ccccc1[PH+]1[C@H](C)CC[C@H]1C.[Cl][Pt+].[c-]1ccccc1. The molecule has 0 unspecified atom stereocenters. The van der Waals surface area contributed by atoms with E-state index in [1.165, 1.54) is 25.7 Å². The molecule has 0 spiro atoms. The van der Waals surface area contributed by atoms with Crippen molar-refractivity contribution in [3.05, 3.63) is 60.7 Å². The maximum atomic E-state index is 4.61. The molecule has 0 N–H and O–H groups in total. The van der Waals surface area contributed by atoms with Crippen LogP contribution in [-0.2, 0) is 18.8 Å². The van der Waals surface area contributed by atoms with E-state index in [2.05, 4.69) is 67.4 Å². The van der Waals surface area contributed by atoms with E-state index in [0.29, 0.717) is 0 Å². The Bertz CT molecular complexity index is 592. The van der Waals surface area contributed by atoms with Crippen LogP contribution < -0.4 is 10.6 Å². The summed E-state index contributed by atoms with van der Waals surface area (Å²) < 4.78 is 0. The van der Waals surface area contributed by atoms with E-state index in [0.717, 1.165) is 22.6 Å². The summed E-state index contributed by atoms with van der Waals surface area (Å²) in [5.74, 6) is 0. The summed E-state index contributed by atoms with van der Waals surface area (Å²) >= 11 is 1.61. The number of hydrogen-bond acceptors (Lipinski definition) is 0.